The Morgan fingerprint density at radius 1 is 1.37 bits per heavy atom. The summed E-state index contributed by atoms with van der Waals surface area (Å²) in [6.07, 6.45) is 2.49. The third-order valence-electron chi connectivity index (χ3n) is 3.73. The van der Waals surface area contributed by atoms with E-state index >= 15 is 0 Å². The van der Waals surface area contributed by atoms with Crippen LogP contribution in [-0.2, 0) is 11.3 Å². The number of carboxylic acid groups (broad SMARTS) is 1. The first-order valence-corrected chi connectivity index (χ1v) is 6.46. The highest BCUT2D eigenvalue weighted by molar-refractivity contribution is 5.70. The number of hydrogen-bond donors (Lipinski definition) is 2. The number of aliphatic carboxylic acids is 1. The fourth-order valence-corrected chi connectivity index (χ4v) is 2.68. The molecule has 1 aromatic carbocycles. The van der Waals surface area contributed by atoms with Gasteiger partial charge in [-0.05, 0) is 31.4 Å². The van der Waals surface area contributed by atoms with E-state index in [4.69, 9.17) is 5.11 Å². The normalized spacial score (nSPS) is 22.6. The van der Waals surface area contributed by atoms with Crippen molar-refractivity contribution in [1.82, 2.24) is 5.32 Å². The Labute approximate surface area is 110 Å². The van der Waals surface area contributed by atoms with Crippen LogP contribution in [0.1, 0.15) is 24.8 Å². The maximum atomic E-state index is 13.4. The fourth-order valence-electron chi connectivity index (χ4n) is 2.68. The molecule has 2 unspecified atom stereocenters. The van der Waals surface area contributed by atoms with Gasteiger partial charge in [-0.2, -0.15) is 0 Å². The van der Waals surface area contributed by atoms with E-state index in [-0.39, 0.29) is 23.9 Å². The summed E-state index contributed by atoms with van der Waals surface area (Å²) in [5.41, 5.74) is 0.268. The molecule has 0 amide bonds. The first kappa shape index (κ1) is 13.9. The van der Waals surface area contributed by atoms with Gasteiger partial charge in [0.05, 0.1) is 5.92 Å². The fraction of sp³-hybridized carbons (Fsp3) is 0.500. The monoisotopic (exact) mass is 269 g/mol. The van der Waals surface area contributed by atoms with E-state index in [2.05, 4.69) is 5.32 Å². The molecule has 0 radical (unpaired) electrons. The lowest BCUT2D eigenvalue weighted by molar-refractivity contribution is -0.142. The second-order valence-corrected chi connectivity index (χ2v) is 4.98. The second kappa shape index (κ2) is 6.10. The molecule has 19 heavy (non-hydrogen) atoms. The molecule has 1 fully saturated rings. The average Bonchev–Trinajstić information content (AvgIpc) is 2.83. The molecule has 2 rings (SSSR count). The molecule has 2 N–H and O–H groups in total. The van der Waals surface area contributed by atoms with Crippen LogP contribution in [0.4, 0.5) is 8.78 Å². The number of rotatable bonds is 5. The molecule has 1 aliphatic carbocycles. The van der Waals surface area contributed by atoms with Crippen LogP contribution in [0.2, 0.25) is 0 Å². The summed E-state index contributed by atoms with van der Waals surface area (Å²) in [5.74, 6) is -2.69. The van der Waals surface area contributed by atoms with Crippen LogP contribution in [0, 0.1) is 23.5 Å². The Balaban J connectivity index is 1.86. The van der Waals surface area contributed by atoms with E-state index < -0.39 is 17.6 Å². The number of carbonyl (C=O) groups is 1. The third-order valence-corrected chi connectivity index (χ3v) is 3.73. The summed E-state index contributed by atoms with van der Waals surface area (Å²) >= 11 is 0. The minimum Gasteiger partial charge on any atom is -0.481 e. The molecule has 0 bridgehead atoms. The molecule has 0 aliphatic heterocycles. The summed E-state index contributed by atoms with van der Waals surface area (Å²) < 4.78 is 26.4. The Bertz CT molecular complexity index is 465. The van der Waals surface area contributed by atoms with Crippen molar-refractivity contribution < 1.29 is 18.7 Å². The van der Waals surface area contributed by atoms with Crippen LogP contribution in [-0.4, -0.2) is 17.6 Å². The largest absolute Gasteiger partial charge is 0.481 e. The van der Waals surface area contributed by atoms with E-state index in [0.29, 0.717) is 13.0 Å². The van der Waals surface area contributed by atoms with Gasteiger partial charge in [-0.1, -0.05) is 18.6 Å². The highest BCUT2D eigenvalue weighted by Crippen LogP contribution is 2.31. The summed E-state index contributed by atoms with van der Waals surface area (Å²) in [6.45, 7) is 0.735. The van der Waals surface area contributed by atoms with Gasteiger partial charge in [-0.15, -0.1) is 0 Å². The van der Waals surface area contributed by atoms with Gasteiger partial charge < -0.3 is 10.4 Å². The van der Waals surface area contributed by atoms with Gasteiger partial charge in [-0.3, -0.25) is 4.79 Å². The molecule has 0 spiro atoms. The van der Waals surface area contributed by atoms with Gasteiger partial charge in [0.15, 0.2) is 11.6 Å². The van der Waals surface area contributed by atoms with Crippen LogP contribution < -0.4 is 5.32 Å². The third kappa shape index (κ3) is 3.29. The molecule has 1 saturated carbocycles. The van der Waals surface area contributed by atoms with Gasteiger partial charge in [0, 0.05) is 12.1 Å². The van der Waals surface area contributed by atoms with E-state index in [1.807, 2.05) is 0 Å². The molecule has 1 aromatic rings. The lowest BCUT2D eigenvalue weighted by atomic mass is 9.96. The molecular formula is C14H17F2NO2. The summed E-state index contributed by atoms with van der Waals surface area (Å²) in [7, 11) is 0. The number of nitrogens with one attached hydrogen (secondary N) is 1. The first-order chi connectivity index (χ1) is 9.09. The first-order valence-electron chi connectivity index (χ1n) is 6.46. The quantitative estimate of drug-likeness (QED) is 0.863. The number of halogens is 2. The van der Waals surface area contributed by atoms with E-state index in [9.17, 15) is 13.6 Å². The van der Waals surface area contributed by atoms with Crippen LogP contribution in [0.15, 0.2) is 18.2 Å². The van der Waals surface area contributed by atoms with E-state index in [1.54, 1.807) is 0 Å². The van der Waals surface area contributed by atoms with E-state index in [1.165, 1.54) is 12.1 Å². The number of hydrogen-bond acceptors (Lipinski definition) is 2. The molecule has 0 saturated heterocycles. The molecule has 0 aromatic heterocycles. The topological polar surface area (TPSA) is 49.3 Å². The van der Waals surface area contributed by atoms with Crippen molar-refractivity contribution in [3.8, 4) is 0 Å². The van der Waals surface area contributed by atoms with E-state index in [0.717, 1.165) is 18.9 Å². The Morgan fingerprint density at radius 3 is 2.89 bits per heavy atom. The standard InChI is InChI=1S/C14H17F2NO2/c15-12-6-2-4-10(13(12)16)8-17-7-9-3-1-5-11(9)14(18)19/h2,4,6,9,11,17H,1,3,5,7-8H2,(H,18,19). The van der Waals surface area contributed by atoms with Crippen molar-refractivity contribution in [2.24, 2.45) is 11.8 Å². The second-order valence-electron chi connectivity index (χ2n) is 4.98. The Morgan fingerprint density at radius 2 is 2.16 bits per heavy atom. The van der Waals surface area contributed by atoms with Crippen LogP contribution in [0.25, 0.3) is 0 Å². The van der Waals surface area contributed by atoms with Gasteiger partial charge in [0.2, 0.25) is 0 Å². The number of benzene rings is 1. The van der Waals surface area contributed by atoms with Crippen LogP contribution in [0.3, 0.4) is 0 Å². The average molecular weight is 269 g/mol. The molecule has 5 heteroatoms. The van der Waals surface area contributed by atoms with Crippen molar-refractivity contribution in [2.45, 2.75) is 25.8 Å². The minimum atomic E-state index is -0.858. The summed E-state index contributed by atoms with van der Waals surface area (Å²) in [5, 5.41) is 12.1. The van der Waals surface area contributed by atoms with Crippen molar-refractivity contribution in [3.05, 3.63) is 35.4 Å². The minimum absolute atomic E-state index is 0.0779. The molecule has 0 heterocycles. The van der Waals surface area contributed by atoms with Crippen molar-refractivity contribution in [1.29, 1.82) is 0 Å². The van der Waals surface area contributed by atoms with Crippen molar-refractivity contribution >= 4 is 5.97 Å². The summed E-state index contributed by atoms with van der Waals surface area (Å²) in [4.78, 5) is 11.0. The van der Waals surface area contributed by atoms with Gasteiger partial charge >= 0.3 is 5.97 Å². The maximum Gasteiger partial charge on any atom is 0.306 e. The highest BCUT2D eigenvalue weighted by Gasteiger charge is 2.32. The number of carboxylic acids is 1. The van der Waals surface area contributed by atoms with Gasteiger partial charge in [0.25, 0.3) is 0 Å². The smallest absolute Gasteiger partial charge is 0.306 e. The predicted molar refractivity (Wildman–Crippen MR) is 66.5 cm³/mol. The predicted octanol–water partition coefficient (Wildman–Crippen LogP) is 2.56. The Hall–Kier alpha value is -1.49. The van der Waals surface area contributed by atoms with Gasteiger partial charge in [0.1, 0.15) is 0 Å². The zero-order valence-electron chi connectivity index (χ0n) is 10.5. The van der Waals surface area contributed by atoms with Crippen molar-refractivity contribution in [2.75, 3.05) is 6.54 Å². The maximum absolute atomic E-state index is 13.4. The molecular weight excluding hydrogens is 252 g/mol. The Kier molecular flexibility index (Phi) is 4.47. The lowest BCUT2D eigenvalue weighted by Gasteiger charge is -2.16. The lowest BCUT2D eigenvalue weighted by Crippen LogP contribution is -2.29. The molecule has 104 valence electrons. The van der Waals surface area contributed by atoms with Crippen molar-refractivity contribution in [3.63, 3.8) is 0 Å². The van der Waals surface area contributed by atoms with Crippen LogP contribution in [0.5, 0.6) is 0 Å². The molecule has 1 aliphatic rings. The summed E-state index contributed by atoms with van der Waals surface area (Å²) in [6, 6.07) is 4.07. The van der Waals surface area contributed by atoms with Gasteiger partial charge in [-0.25, -0.2) is 8.78 Å². The zero-order chi connectivity index (χ0) is 13.8. The SMILES string of the molecule is O=C(O)C1CCCC1CNCc1cccc(F)c1F. The van der Waals surface area contributed by atoms with Crippen LogP contribution >= 0.6 is 0 Å². The zero-order valence-corrected chi connectivity index (χ0v) is 10.5. The highest BCUT2D eigenvalue weighted by atomic mass is 19.2. The molecule has 3 nitrogen and oxygen atoms in total. The molecule has 2 atom stereocenters.